The second kappa shape index (κ2) is 5.74. The Labute approximate surface area is 114 Å². The highest BCUT2D eigenvalue weighted by Crippen LogP contribution is 2.27. The predicted molar refractivity (Wildman–Crippen MR) is 79.1 cm³/mol. The first-order valence-electron chi connectivity index (χ1n) is 6.52. The summed E-state index contributed by atoms with van der Waals surface area (Å²) in [6.07, 6.45) is 1.73. The van der Waals surface area contributed by atoms with E-state index in [1.807, 2.05) is 25.2 Å². The number of nitrogens with zero attached hydrogens (tertiary/aromatic N) is 1. The smallest absolute Gasteiger partial charge is 0.132 e. The predicted octanol–water partition coefficient (Wildman–Crippen LogP) is 4.35. The third kappa shape index (κ3) is 3.25. The summed E-state index contributed by atoms with van der Waals surface area (Å²) in [5.41, 5.74) is 2.62. The third-order valence-electron chi connectivity index (χ3n) is 3.09. The summed E-state index contributed by atoms with van der Waals surface area (Å²) in [5, 5.41) is 3.00. The van der Waals surface area contributed by atoms with Gasteiger partial charge in [0.05, 0.1) is 0 Å². The minimum atomic E-state index is 0.533. The van der Waals surface area contributed by atoms with Gasteiger partial charge >= 0.3 is 0 Å². The zero-order chi connectivity index (χ0) is 13.8. The Hall–Kier alpha value is -2.03. The highest BCUT2D eigenvalue weighted by molar-refractivity contribution is 5.43. The number of hydrogen-bond donors (Lipinski definition) is 1. The molecule has 0 spiro atoms. The van der Waals surface area contributed by atoms with E-state index in [1.165, 1.54) is 11.1 Å². The first-order chi connectivity index (χ1) is 9.10. The van der Waals surface area contributed by atoms with Crippen LogP contribution in [0.1, 0.15) is 30.9 Å². The normalized spacial score (nSPS) is 10.6. The van der Waals surface area contributed by atoms with Crippen molar-refractivity contribution in [3.63, 3.8) is 0 Å². The van der Waals surface area contributed by atoms with E-state index < -0.39 is 0 Å². The van der Waals surface area contributed by atoms with Crippen molar-refractivity contribution in [3.8, 4) is 11.5 Å². The molecule has 0 amide bonds. The van der Waals surface area contributed by atoms with Crippen LogP contribution in [0.5, 0.6) is 11.5 Å². The molecule has 100 valence electrons. The van der Waals surface area contributed by atoms with Gasteiger partial charge in [0, 0.05) is 19.3 Å². The summed E-state index contributed by atoms with van der Waals surface area (Å²) in [6.45, 7) is 6.52. The van der Waals surface area contributed by atoms with E-state index in [4.69, 9.17) is 4.74 Å². The molecule has 0 aliphatic carbocycles. The first kappa shape index (κ1) is 13.4. The Morgan fingerprint density at radius 3 is 2.47 bits per heavy atom. The molecule has 0 radical (unpaired) electrons. The molecule has 1 aromatic carbocycles. The monoisotopic (exact) mass is 256 g/mol. The summed E-state index contributed by atoms with van der Waals surface area (Å²) in [4.78, 5) is 4.16. The number of aromatic nitrogens is 1. The minimum absolute atomic E-state index is 0.533. The lowest BCUT2D eigenvalue weighted by molar-refractivity contribution is 0.481. The average molecular weight is 256 g/mol. The number of aryl methyl sites for hydroxylation is 1. The molecule has 19 heavy (non-hydrogen) atoms. The lowest BCUT2D eigenvalue weighted by Gasteiger charge is -2.12. The van der Waals surface area contributed by atoms with Gasteiger partial charge in [0.25, 0.3) is 0 Å². The molecular formula is C16H20N2O. The largest absolute Gasteiger partial charge is 0.457 e. The number of hydrogen-bond acceptors (Lipinski definition) is 3. The second-order valence-corrected chi connectivity index (χ2v) is 4.90. The summed E-state index contributed by atoms with van der Waals surface area (Å²) in [5.74, 6) is 2.98. The Morgan fingerprint density at radius 2 is 1.84 bits per heavy atom. The van der Waals surface area contributed by atoms with Crippen molar-refractivity contribution in [1.29, 1.82) is 0 Å². The molecule has 2 rings (SSSR count). The molecule has 0 atom stereocenters. The van der Waals surface area contributed by atoms with Gasteiger partial charge in [0.2, 0.25) is 0 Å². The van der Waals surface area contributed by atoms with Gasteiger partial charge in [-0.2, -0.15) is 0 Å². The van der Waals surface area contributed by atoms with Crippen LogP contribution in [0, 0.1) is 6.92 Å². The SMILES string of the molecule is CNc1cc(Oc2ccc(C(C)C)c(C)c2)ccn1. The van der Waals surface area contributed by atoms with E-state index in [-0.39, 0.29) is 0 Å². The maximum atomic E-state index is 5.86. The zero-order valence-corrected chi connectivity index (χ0v) is 11.9. The van der Waals surface area contributed by atoms with Crippen LogP contribution in [-0.4, -0.2) is 12.0 Å². The van der Waals surface area contributed by atoms with Crippen molar-refractivity contribution in [1.82, 2.24) is 4.98 Å². The van der Waals surface area contributed by atoms with Crippen molar-refractivity contribution < 1.29 is 4.74 Å². The molecule has 0 fully saturated rings. The molecule has 0 saturated heterocycles. The Morgan fingerprint density at radius 1 is 1.11 bits per heavy atom. The highest BCUT2D eigenvalue weighted by Gasteiger charge is 2.05. The van der Waals surface area contributed by atoms with Gasteiger partial charge in [-0.25, -0.2) is 4.98 Å². The van der Waals surface area contributed by atoms with Gasteiger partial charge in [0.1, 0.15) is 17.3 Å². The lowest BCUT2D eigenvalue weighted by atomic mass is 9.98. The lowest BCUT2D eigenvalue weighted by Crippen LogP contribution is -1.94. The number of benzene rings is 1. The molecule has 0 unspecified atom stereocenters. The molecule has 1 N–H and O–H groups in total. The second-order valence-electron chi connectivity index (χ2n) is 4.90. The van der Waals surface area contributed by atoms with E-state index in [0.29, 0.717) is 5.92 Å². The quantitative estimate of drug-likeness (QED) is 0.883. The third-order valence-corrected chi connectivity index (χ3v) is 3.09. The summed E-state index contributed by atoms with van der Waals surface area (Å²) >= 11 is 0. The standard InChI is InChI=1S/C16H20N2O/c1-11(2)15-6-5-13(9-12(15)3)19-14-7-8-18-16(10-14)17-4/h5-11H,1-4H3,(H,17,18). The van der Waals surface area contributed by atoms with Crippen LogP contribution in [0.2, 0.25) is 0 Å². The maximum Gasteiger partial charge on any atom is 0.132 e. The number of anilines is 1. The fourth-order valence-electron chi connectivity index (χ4n) is 2.11. The average Bonchev–Trinajstić information content (AvgIpc) is 2.38. The molecule has 0 aliphatic heterocycles. The van der Waals surface area contributed by atoms with Crippen LogP contribution in [0.3, 0.4) is 0 Å². The van der Waals surface area contributed by atoms with E-state index >= 15 is 0 Å². The van der Waals surface area contributed by atoms with Gasteiger partial charge < -0.3 is 10.1 Å². The number of pyridine rings is 1. The van der Waals surface area contributed by atoms with Crippen LogP contribution >= 0.6 is 0 Å². The van der Waals surface area contributed by atoms with Crippen LogP contribution < -0.4 is 10.1 Å². The van der Waals surface area contributed by atoms with Gasteiger partial charge in [-0.15, -0.1) is 0 Å². The molecule has 3 nitrogen and oxygen atoms in total. The van der Waals surface area contributed by atoms with Crippen LogP contribution in [0.25, 0.3) is 0 Å². The topological polar surface area (TPSA) is 34.1 Å². The fraction of sp³-hybridized carbons (Fsp3) is 0.312. The number of rotatable bonds is 4. The first-order valence-corrected chi connectivity index (χ1v) is 6.52. The van der Waals surface area contributed by atoms with E-state index in [9.17, 15) is 0 Å². The van der Waals surface area contributed by atoms with Crippen molar-refractivity contribution in [2.75, 3.05) is 12.4 Å². The number of nitrogens with one attached hydrogen (secondary N) is 1. The Bertz CT molecular complexity index is 564. The summed E-state index contributed by atoms with van der Waals surface area (Å²) < 4.78 is 5.86. The maximum absolute atomic E-state index is 5.86. The Kier molecular flexibility index (Phi) is 4.05. The van der Waals surface area contributed by atoms with Gasteiger partial charge in [0.15, 0.2) is 0 Å². The molecular weight excluding hydrogens is 236 g/mol. The van der Waals surface area contributed by atoms with Gasteiger partial charge in [-0.05, 0) is 42.2 Å². The Balaban J connectivity index is 2.21. The molecule has 1 heterocycles. The van der Waals surface area contributed by atoms with Gasteiger partial charge in [-0.1, -0.05) is 19.9 Å². The zero-order valence-electron chi connectivity index (χ0n) is 11.9. The minimum Gasteiger partial charge on any atom is -0.457 e. The van der Waals surface area contributed by atoms with E-state index in [2.05, 4.69) is 43.2 Å². The van der Waals surface area contributed by atoms with Crippen LogP contribution in [-0.2, 0) is 0 Å². The molecule has 3 heteroatoms. The fourth-order valence-corrected chi connectivity index (χ4v) is 2.11. The summed E-state index contributed by atoms with van der Waals surface area (Å²) in [6, 6.07) is 9.96. The van der Waals surface area contributed by atoms with E-state index in [1.54, 1.807) is 6.20 Å². The molecule has 2 aromatic rings. The van der Waals surface area contributed by atoms with Crippen molar-refractivity contribution in [2.24, 2.45) is 0 Å². The highest BCUT2D eigenvalue weighted by atomic mass is 16.5. The molecule has 0 bridgehead atoms. The number of ether oxygens (including phenoxy) is 1. The van der Waals surface area contributed by atoms with Crippen LogP contribution in [0.15, 0.2) is 36.5 Å². The molecule has 0 saturated carbocycles. The van der Waals surface area contributed by atoms with Crippen LogP contribution in [0.4, 0.5) is 5.82 Å². The summed E-state index contributed by atoms with van der Waals surface area (Å²) in [7, 11) is 1.84. The molecule has 1 aromatic heterocycles. The van der Waals surface area contributed by atoms with Gasteiger partial charge in [-0.3, -0.25) is 0 Å². The van der Waals surface area contributed by atoms with E-state index in [0.717, 1.165) is 17.3 Å². The van der Waals surface area contributed by atoms with Crippen molar-refractivity contribution in [3.05, 3.63) is 47.7 Å². The van der Waals surface area contributed by atoms with Crippen molar-refractivity contribution >= 4 is 5.82 Å². The van der Waals surface area contributed by atoms with Crippen molar-refractivity contribution in [2.45, 2.75) is 26.7 Å². The molecule has 0 aliphatic rings.